The molecule has 4 nitrogen and oxygen atoms in total. The predicted molar refractivity (Wildman–Crippen MR) is 75.9 cm³/mol. The van der Waals surface area contributed by atoms with Gasteiger partial charge in [0.25, 0.3) is 0 Å². The normalized spacial score (nSPS) is 14.5. The lowest BCUT2D eigenvalue weighted by Crippen LogP contribution is -2.09. The number of benzene rings is 1. The van der Waals surface area contributed by atoms with E-state index in [2.05, 4.69) is 0 Å². The minimum atomic E-state index is -0.975. The highest BCUT2D eigenvalue weighted by atomic mass is 19.1. The highest BCUT2D eigenvalue weighted by molar-refractivity contribution is 5.88. The van der Waals surface area contributed by atoms with E-state index >= 15 is 0 Å². The van der Waals surface area contributed by atoms with Crippen molar-refractivity contribution in [3.05, 3.63) is 40.5 Å². The van der Waals surface area contributed by atoms with E-state index in [0.717, 1.165) is 18.6 Å². The number of carboxylic acids is 1. The highest BCUT2D eigenvalue weighted by Gasteiger charge is 2.23. The fraction of sp³-hybridized carbons (Fsp3) is 0.438. The Kier molecular flexibility index (Phi) is 5.49. The Morgan fingerprint density at radius 1 is 1.27 bits per heavy atom. The minimum Gasteiger partial charge on any atom is -0.491 e. The first-order valence-corrected chi connectivity index (χ1v) is 7.06. The molecule has 22 heavy (non-hydrogen) atoms. The zero-order chi connectivity index (χ0) is 16.1. The molecule has 0 atom stereocenters. The van der Waals surface area contributed by atoms with Gasteiger partial charge in [-0.3, -0.25) is 0 Å². The summed E-state index contributed by atoms with van der Waals surface area (Å²) in [6.45, 7) is 0.456. The molecule has 0 aromatic heterocycles. The maximum Gasteiger partial charge on any atom is 0.331 e. The van der Waals surface area contributed by atoms with Gasteiger partial charge in [-0.15, -0.1) is 0 Å². The van der Waals surface area contributed by atoms with E-state index in [9.17, 15) is 13.6 Å². The minimum absolute atomic E-state index is 0.0960. The van der Waals surface area contributed by atoms with Crippen molar-refractivity contribution in [1.82, 2.24) is 0 Å². The lowest BCUT2D eigenvalue weighted by molar-refractivity contribution is -0.132. The number of hydrogen-bond acceptors (Lipinski definition) is 3. The Labute approximate surface area is 127 Å². The Bertz CT molecular complexity index is 596. The van der Waals surface area contributed by atoms with Crippen LogP contribution in [0.25, 0.3) is 0 Å². The number of carbonyl (C=O) groups is 1. The summed E-state index contributed by atoms with van der Waals surface area (Å²) in [6.07, 6.45) is 1.94. The molecular formula is C16H18F2O4. The summed E-state index contributed by atoms with van der Waals surface area (Å²) in [5.41, 5.74) is 1.19. The van der Waals surface area contributed by atoms with Gasteiger partial charge < -0.3 is 14.6 Å². The van der Waals surface area contributed by atoms with Gasteiger partial charge >= 0.3 is 5.97 Å². The lowest BCUT2D eigenvalue weighted by atomic mass is 10.0. The second-order valence-electron chi connectivity index (χ2n) is 5.12. The standard InChI is InChI=1S/C16H18F2O4/c1-21-5-6-22-15-9-11(17)8-14(18)13(15)7-10-3-2-4-12(10)16(19)20/h8-9H,2-7H2,1H3,(H,19,20). The third-order valence-corrected chi connectivity index (χ3v) is 3.64. The van der Waals surface area contributed by atoms with Gasteiger partial charge in [-0.05, 0) is 19.3 Å². The van der Waals surface area contributed by atoms with E-state index in [1.165, 1.54) is 7.11 Å². The largest absolute Gasteiger partial charge is 0.491 e. The first-order chi connectivity index (χ1) is 10.5. The van der Waals surface area contributed by atoms with Gasteiger partial charge in [0.15, 0.2) is 0 Å². The lowest BCUT2D eigenvalue weighted by Gasteiger charge is -2.13. The zero-order valence-corrected chi connectivity index (χ0v) is 12.3. The van der Waals surface area contributed by atoms with Crippen LogP contribution in [0.15, 0.2) is 23.3 Å². The Hall–Kier alpha value is -1.95. The van der Waals surface area contributed by atoms with Crippen molar-refractivity contribution >= 4 is 5.97 Å². The number of carboxylic acid groups (broad SMARTS) is 1. The van der Waals surface area contributed by atoms with Crippen LogP contribution in [0.4, 0.5) is 8.78 Å². The van der Waals surface area contributed by atoms with Gasteiger partial charge in [0, 0.05) is 36.8 Å². The van der Waals surface area contributed by atoms with Crippen molar-refractivity contribution in [2.45, 2.75) is 25.7 Å². The molecule has 2 rings (SSSR count). The molecule has 1 aliphatic rings. The summed E-state index contributed by atoms with van der Waals surface area (Å²) in [5, 5.41) is 9.16. The number of aliphatic carboxylic acids is 1. The number of methoxy groups -OCH3 is 1. The van der Waals surface area contributed by atoms with Gasteiger partial charge in [0.2, 0.25) is 0 Å². The average Bonchev–Trinajstić information content (AvgIpc) is 2.91. The predicted octanol–water partition coefficient (Wildman–Crippen LogP) is 3.10. The smallest absolute Gasteiger partial charge is 0.331 e. The van der Waals surface area contributed by atoms with Crippen molar-refractivity contribution < 1.29 is 28.2 Å². The van der Waals surface area contributed by atoms with Crippen LogP contribution in [-0.4, -0.2) is 31.4 Å². The Balaban J connectivity index is 2.29. The molecular weight excluding hydrogens is 294 g/mol. The number of halogens is 2. The van der Waals surface area contributed by atoms with E-state index in [1.54, 1.807) is 0 Å². The number of rotatable bonds is 7. The Morgan fingerprint density at radius 2 is 2.05 bits per heavy atom. The van der Waals surface area contributed by atoms with Crippen LogP contribution >= 0.6 is 0 Å². The summed E-state index contributed by atoms with van der Waals surface area (Å²) < 4.78 is 37.7. The molecule has 0 unspecified atom stereocenters. The second-order valence-corrected chi connectivity index (χ2v) is 5.12. The van der Waals surface area contributed by atoms with Crippen LogP contribution in [0.5, 0.6) is 5.75 Å². The summed E-state index contributed by atoms with van der Waals surface area (Å²) in [5.74, 6) is -2.33. The number of allylic oxidation sites excluding steroid dienone is 1. The van der Waals surface area contributed by atoms with E-state index in [1.807, 2.05) is 0 Å². The van der Waals surface area contributed by atoms with Crippen molar-refractivity contribution in [1.29, 1.82) is 0 Å². The third-order valence-electron chi connectivity index (χ3n) is 3.64. The van der Waals surface area contributed by atoms with Crippen LogP contribution in [-0.2, 0) is 16.0 Å². The quantitative estimate of drug-likeness (QED) is 0.786. The van der Waals surface area contributed by atoms with Crippen molar-refractivity contribution in [3.8, 4) is 5.75 Å². The number of hydrogen-bond donors (Lipinski definition) is 1. The fourth-order valence-corrected chi connectivity index (χ4v) is 2.59. The number of ether oxygens (including phenoxy) is 2. The monoisotopic (exact) mass is 312 g/mol. The van der Waals surface area contributed by atoms with Crippen molar-refractivity contribution in [2.24, 2.45) is 0 Å². The molecule has 0 fully saturated rings. The SMILES string of the molecule is COCCOc1cc(F)cc(F)c1CC1=C(C(=O)O)CCC1. The molecule has 1 aromatic rings. The maximum atomic E-state index is 14.1. The van der Waals surface area contributed by atoms with E-state index < -0.39 is 17.6 Å². The molecule has 1 N–H and O–H groups in total. The fourth-order valence-electron chi connectivity index (χ4n) is 2.59. The molecule has 0 saturated heterocycles. The van der Waals surface area contributed by atoms with Crippen molar-refractivity contribution in [3.63, 3.8) is 0 Å². The molecule has 0 saturated carbocycles. The second kappa shape index (κ2) is 7.35. The average molecular weight is 312 g/mol. The molecule has 6 heteroatoms. The Morgan fingerprint density at radius 3 is 2.73 bits per heavy atom. The van der Waals surface area contributed by atoms with Gasteiger partial charge in [-0.2, -0.15) is 0 Å². The van der Waals surface area contributed by atoms with Crippen LogP contribution in [0.2, 0.25) is 0 Å². The van der Waals surface area contributed by atoms with Gasteiger partial charge in [0.05, 0.1) is 6.61 Å². The van der Waals surface area contributed by atoms with Crippen LogP contribution in [0.1, 0.15) is 24.8 Å². The summed E-state index contributed by atoms with van der Waals surface area (Å²) >= 11 is 0. The van der Waals surface area contributed by atoms with Crippen molar-refractivity contribution in [2.75, 3.05) is 20.3 Å². The topological polar surface area (TPSA) is 55.8 Å². The van der Waals surface area contributed by atoms with E-state index in [4.69, 9.17) is 14.6 Å². The van der Waals surface area contributed by atoms with Gasteiger partial charge in [-0.25, -0.2) is 13.6 Å². The first kappa shape index (κ1) is 16.4. The summed E-state index contributed by atoms with van der Waals surface area (Å²) in [4.78, 5) is 11.2. The van der Waals surface area contributed by atoms with E-state index in [0.29, 0.717) is 30.6 Å². The molecule has 1 aromatic carbocycles. The van der Waals surface area contributed by atoms with Gasteiger partial charge in [-0.1, -0.05) is 5.57 Å². The van der Waals surface area contributed by atoms with Crippen LogP contribution in [0.3, 0.4) is 0 Å². The van der Waals surface area contributed by atoms with E-state index in [-0.39, 0.29) is 24.3 Å². The van der Waals surface area contributed by atoms with Crippen LogP contribution in [0, 0.1) is 11.6 Å². The summed E-state index contributed by atoms with van der Waals surface area (Å²) in [6, 6.07) is 1.90. The third kappa shape index (κ3) is 3.82. The molecule has 0 heterocycles. The zero-order valence-electron chi connectivity index (χ0n) is 12.3. The van der Waals surface area contributed by atoms with Gasteiger partial charge in [0.1, 0.15) is 24.0 Å². The van der Waals surface area contributed by atoms with Crippen LogP contribution < -0.4 is 4.74 Å². The molecule has 1 aliphatic carbocycles. The summed E-state index contributed by atoms with van der Waals surface area (Å²) in [7, 11) is 1.50. The molecule has 0 radical (unpaired) electrons. The highest BCUT2D eigenvalue weighted by Crippen LogP contribution is 2.33. The molecule has 0 amide bonds. The maximum absolute atomic E-state index is 14.1. The molecule has 0 aliphatic heterocycles. The molecule has 0 spiro atoms. The molecule has 0 bridgehead atoms. The first-order valence-electron chi connectivity index (χ1n) is 7.06. The molecule has 120 valence electrons.